The van der Waals surface area contributed by atoms with Gasteiger partial charge in [-0.1, -0.05) is 36.7 Å². The number of benzene rings is 3. The van der Waals surface area contributed by atoms with Gasteiger partial charge in [0.05, 0.1) is 24.8 Å². The lowest BCUT2D eigenvalue weighted by molar-refractivity contribution is -0.140. The second kappa shape index (κ2) is 14.4. The Labute approximate surface area is 251 Å². The minimum atomic E-state index is -4.40. The molecule has 1 N–H and O–H groups in total. The van der Waals surface area contributed by atoms with Gasteiger partial charge in [0.25, 0.3) is 10.0 Å². The lowest BCUT2D eigenvalue weighted by Gasteiger charge is -2.33. The number of nitrogens with zero attached hydrogens (tertiary/aromatic N) is 2. The first-order chi connectivity index (χ1) is 19.9. The number of methoxy groups -OCH3 is 2. The van der Waals surface area contributed by atoms with Gasteiger partial charge in [-0.2, -0.15) is 0 Å². The van der Waals surface area contributed by atoms with Crippen molar-refractivity contribution >= 4 is 39.1 Å². The van der Waals surface area contributed by atoms with Crippen molar-refractivity contribution in [2.75, 3.05) is 25.1 Å². The number of carbonyl (C=O) groups excluding carboxylic acids is 2. The summed E-state index contributed by atoms with van der Waals surface area (Å²) >= 11 is 6.40. The molecule has 0 spiro atoms. The molecular weight excluding hydrogens is 585 g/mol. The van der Waals surface area contributed by atoms with Crippen LogP contribution in [0.15, 0.2) is 71.6 Å². The monoisotopic (exact) mass is 619 g/mol. The molecule has 0 aliphatic rings. The van der Waals surface area contributed by atoms with Crippen LogP contribution in [0.3, 0.4) is 0 Å². The standard InChI is InChI=1S/C30H35ClFN3O6S/c1-6-26(30(37)33-20(2)3)34(18-21-9-7-8-10-25(21)31)29(36)19-35(23-13-11-22(32)12-14-23)42(38,39)24-15-16-27(40-4)28(17-24)41-5/h7-17,20,26H,6,18-19H2,1-5H3,(H,33,37). The number of amides is 2. The number of hydrogen-bond acceptors (Lipinski definition) is 6. The molecular formula is C30H35ClFN3O6S. The summed E-state index contributed by atoms with van der Waals surface area (Å²) in [5.41, 5.74) is 0.635. The molecule has 0 saturated carbocycles. The van der Waals surface area contributed by atoms with Crippen LogP contribution in [0.4, 0.5) is 10.1 Å². The van der Waals surface area contributed by atoms with Crippen molar-refractivity contribution in [3.63, 3.8) is 0 Å². The summed E-state index contributed by atoms with van der Waals surface area (Å²) in [7, 11) is -1.62. The van der Waals surface area contributed by atoms with E-state index in [0.29, 0.717) is 16.3 Å². The fraction of sp³-hybridized carbons (Fsp3) is 0.333. The van der Waals surface area contributed by atoms with Gasteiger partial charge in [-0.15, -0.1) is 0 Å². The molecule has 9 nitrogen and oxygen atoms in total. The zero-order valence-corrected chi connectivity index (χ0v) is 25.7. The highest BCUT2D eigenvalue weighted by molar-refractivity contribution is 7.92. The number of rotatable bonds is 13. The topological polar surface area (TPSA) is 105 Å². The lowest BCUT2D eigenvalue weighted by atomic mass is 10.1. The maximum atomic E-state index is 14.1. The number of nitrogens with one attached hydrogen (secondary N) is 1. The summed E-state index contributed by atoms with van der Waals surface area (Å²) in [5, 5.41) is 3.23. The Morgan fingerprint density at radius 2 is 1.62 bits per heavy atom. The first kappa shape index (κ1) is 32.7. The molecule has 12 heteroatoms. The Balaban J connectivity index is 2.11. The number of ether oxygens (including phenoxy) is 2. The van der Waals surface area contributed by atoms with E-state index in [0.717, 1.165) is 16.4 Å². The van der Waals surface area contributed by atoms with Gasteiger partial charge in [0.2, 0.25) is 11.8 Å². The summed E-state index contributed by atoms with van der Waals surface area (Å²) in [6.07, 6.45) is 0.258. The second-order valence-corrected chi connectivity index (χ2v) is 12.0. The molecule has 0 aromatic heterocycles. The molecule has 1 unspecified atom stereocenters. The highest BCUT2D eigenvalue weighted by Gasteiger charge is 2.34. The van der Waals surface area contributed by atoms with Gasteiger partial charge >= 0.3 is 0 Å². The molecule has 0 aliphatic heterocycles. The van der Waals surface area contributed by atoms with Crippen LogP contribution in [0.25, 0.3) is 0 Å². The summed E-state index contributed by atoms with van der Waals surface area (Å²) < 4.78 is 53.3. The van der Waals surface area contributed by atoms with Crippen molar-refractivity contribution in [1.29, 1.82) is 0 Å². The van der Waals surface area contributed by atoms with Crippen LogP contribution in [-0.2, 0) is 26.2 Å². The second-order valence-electron chi connectivity index (χ2n) is 9.71. The smallest absolute Gasteiger partial charge is 0.264 e. The first-order valence-corrected chi connectivity index (χ1v) is 15.1. The van der Waals surface area contributed by atoms with E-state index in [-0.39, 0.29) is 41.2 Å². The SMILES string of the molecule is CCC(C(=O)NC(C)C)N(Cc1ccccc1Cl)C(=O)CN(c1ccc(F)cc1)S(=O)(=O)c1ccc(OC)c(OC)c1. The number of halogens is 2. The molecule has 1 atom stereocenters. The van der Waals surface area contributed by atoms with Crippen molar-refractivity contribution in [3.8, 4) is 11.5 Å². The van der Waals surface area contributed by atoms with Gasteiger partial charge in [0.15, 0.2) is 11.5 Å². The molecule has 0 heterocycles. The summed E-state index contributed by atoms with van der Waals surface area (Å²) in [4.78, 5) is 28.4. The van der Waals surface area contributed by atoms with E-state index in [9.17, 15) is 22.4 Å². The molecule has 3 rings (SSSR count). The molecule has 0 bridgehead atoms. The quantitative estimate of drug-likeness (QED) is 0.288. The minimum Gasteiger partial charge on any atom is -0.493 e. The van der Waals surface area contributed by atoms with E-state index in [1.54, 1.807) is 45.0 Å². The number of hydrogen-bond donors (Lipinski definition) is 1. The fourth-order valence-electron chi connectivity index (χ4n) is 4.35. The Morgan fingerprint density at radius 3 is 2.19 bits per heavy atom. The summed E-state index contributed by atoms with van der Waals surface area (Å²) in [5.74, 6) is -1.14. The molecule has 2 amide bonds. The predicted molar refractivity (Wildman–Crippen MR) is 160 cm³/mol. The molecule has 3 aromatic carbocycles. The van der Waals surface area contributed by atoms with Crippen LogP contribution >= 0.6 is 11.6 Å². The van der Waals surface area contributed by atoms with Gasteiger partial charge in [-0.25, -0.2) is 12.8 Å². The zero-order valence-electron chi connectivity index (χ0n) is 24.1. The van der Waals surface area contributed by atoms with Gasteiger partial charge < -0.3 is 19.7 Å². The van der Waals surface area contributed by atoms with Crippen molar-refractivity contribution in [2.45, 2.75) is 50.7 Å². The van der Waals surface area contributed by atoms with Gasteiger partial charge in [0, 0.05) is 23.7 Å². The molecule has 0 aliphatic carbocycles. The largest absolute Gasteiger partial charge is 0.493 e. The Hall–Kier alpha value is -3.83. The maximum absolute atomic E-state index is 14.1. The molecule has 0 radical (unpaired) electrons. The van der Waals surface area contributed by atoms with Crippen LogP contribution in [-0.4, -0.2) is 58.0 Å². The Bertz CT molecular complexity index is 1500. The van der Waals surface area contributed by atoms with E-state index in [4.69, 9.17) is 21.1 Å². The van der Waals surface area contributed by atoms with E-state index in [1.807, 2.05) is 0 Å². The molecule has 3 aromatic rings. The molecule has 42 heavy (non-hydrogen) atoms. The van der Waals surface area contributed by atoms with Crippen molar-refractivity contribution in [3.05, 3.63) is 83.1 Å². The van der Waals surface area contributed by atoms with Crippen LogP contribution in [0, 0.1) is 5.82 Å². The van der Waals surface area contributed by atoms with Crippen LogP contribution in [0.2, 0.25) is 5.02 Å². The Kier molecular flexibility index (Phi) is 11.2. The molecule has 0 fully saturated rings. The van der Waals surface area contributed by atoms with Crippen LogP contribution in [0.5, 0.6) is 11.5 Å². The minimum absolute atomic E-state index is 0.0454. The third-order valence-electron chi connectivity index (χ3n) is 6.45. The average molecular weight is 620 g/mol. The average Bonchev–Trinajstić information content (AvgIpc) is 2.96. The van der Waals surface area contributed by atoms with Crippen molar-refractivity contribution in [1.82, 2.24) is 10.2 Å². The van der Waals surface area contributed by atoms with Gasteiger partial charge in [-0.05, 0) is 68.3 Å². The van der Waals surface area contributed by atoms with Crippen LogP contribution < -0.4 is 19.1 Å². The Morgan fingerprint density at radius 1 is 0.976 bits per heavy atom. The van der Waals surface area contributed by atoms with Gasteiger partial charge in [-0.3, -0.25) is 13.9 Å². The van der Waals surface area contributed by atoms with Crippen molar-refractivity contribution < 1.29 is 31.9 Å². The highest BCUT2D eigenvalue weighted by Crippen LogP contribution is 2.32. The third-order valence-corrected chi connectivity index (χ3v) is 8.59. The molecule has 226 valence electrons. The normalized spacial score (nSPS) is 12.0. The van der Waals surface area contributed by atoms with E-state index >= 15 is 0 Å². The number of carbonyl (C=O) groups is 2. The van der Waals surface area contributed by atoms with E-state index in [1.165, 1.54) is 49.5 Å². The number of sulfonamides is 1. The van der Waals surface area contributed by atoms with Crippen molar-refractivity contribution in [2.24, 2.45) is 0 Å². The maximum Gasteiger partial charge on any atom is 0.264 e. The number of anilines is 1. The van der Waals surface area contributed by atoms with Crippen LogP contribution in [0.1, 0.15) is 32.8 Å². The first-order valence-electron chi connectivity index (χ1n) is 13.3. The predicted octanol–water partition coefficient (Wildman–Crippen LogP) is 5.02. The summed E-state index contributed by atoms with van der Waals surface area (Å²) in [6.45, 7) is 4.64. The lowest BCUT2D eigenvalue weighted by Crippen LogP contribution is -2.53. The zero-order chi connectivity index (χ0) is 31.0. The summed E-state index contributed by atoms with van der Waals surface area (Å²) in [6, 6.07) is 14.6. The van der Waals surface area contributed by atoms with Gasteiger partial charge in [0.1, 0.15) is 18.4 Å². The highest BCUT2D eigenvalue weighted by atomic mass is 35.5. The fourth-order valence-corrected chi connectivity index (χ4v) is 5.98. The molecule has 0 saturated heterocycles. The van der Waals surface area contributed by atoms with E-state index < -0.39 is 34.3 Å². The van der Waals surface area contributed by atoms with E-state index in [2.05, 4.69) is 5.32 Å². The third kappa shape index (κ3) is 7.71.